The SMILES string of the molecule is Cc1ccccc1N1C(=O)C(=O)/C(=C(\O)c2ccc3c(c2)OCO3)C1c1cccnc1. The Balaban J connectivity index is 1.72. The van der Waals surface area contributed by atoms with E-state index in [1.807, 2.05) is 19.1 Å². The number of carbonyl (C=O) groups excluding carboxylic acids is 2. The molecule has 1 amide bonds. The molecular weight excluding hydrogens is 396 g/mol. The van der Waals surface area contributed by atoms with E-state index in [1.165, 1.54) is 4.90 Å². The van der Waals surface area contributed by atoms with Gasteiger partial charge in [-0.05, 0) is 48.4 Å². The normalized spacial score (nSPS) is 19.1. The predicted octanol–water partition coefficient (Wildman–Crippen LogP) is 3.75. The molecule has 0 spiro atoms. The van der Waals surface area contributed by atoms with Gasteiger partial charge in [0, 0.05) is 23.6 Å². The highest BCUT2D eigenvalue weighted by Crippen LogP contribution is 2.43. The van der Waals surface area contributed by atoms with Gasteiger partial charge in [-0.25, -0.2) is 0 Å². The van der Waals surface area contributed by atoms with Gasteiger partial charge >= 0.3 is 0 Å². The molecule has 7 heteroatoms. The standard InChI is InChI=1S/C24H18N2O5/c1-14-5-2-3-7-17(14)26-21(16-6-4-10-25-12-16)20(23(28)24(26)29)22(27)15-8-9-18-19(11-15)31-13-30-18/h2-12,21,27H,13H2,1H3/b22-20-. The van der Waals surface area contributed by atoms with Crippen molar-refractivity contribution in [2.75, 3.05) is 11.7 Å². The number of nitrogens with zero attached hydrogens (tertiary/aromatic N) is 2. The second-order valence-electron chi connectivity index (χ2n) is 7.31. The Bertz CT molecular complexity index is 1240. The summed E-state index contributed by atoms with van der Waals surface area (Å²) in [5.41, 5.74) is 2.41. The number of ketones is 1. The molecule has 0 saturated carbocycles. The van der Waals surface area contributed by atoms with Gasteiger partial charge in [0.1, 0.15) is 5.76 Å². The summed E-state index contributed by atoms with van der Waals surface area (Å²) in [6.07, 6.45) is 3.20. The van der Waals surface area contributed by atoms with Gasteiger partial charge in [-0.3, -0.25) is 19.5 Å². The van der Waals surface area contributed by atoms with Crippen LogP contribution >= 0.6 is 0 Å². The first-order valence-corrected chi connectivity index (χ1v) is 9.73. The Morgan fingerprint density at radius 3 is 2.65 bits per heavy atom. The Morgan fingerprint density at radius 1 is 1.06 bits per heavy atom. The number of ether oxygens (including phenoxy) is 2. The van der Waals surface area contributed by atoms with Crippen LogP contribution in [0.5, 0.6) is 11.5 Å². The predicted molar refractivity (Wildman–Crippen MR) is 113 cm³/mol. The molecule has 7 nitrogen and oxygen atoms in total. The molecule has 1 fully saturated rings. The van der Waals surface area contributed by atoms with Gasteiger partial charge < -0.3 is 14.6 Å². The van der Waals surface area contributed by atoms with E-state index in [0.29, 0.717) is 28.3 Å². The number of aliphatic hydroxyl groups excluding tert-OH is 1. The Labute approximate surface area is 178 Å². The summed E-state index contributed by atoms with van der Waals surface area (Å²) in [5, 5.41) is 11.2. The molecule has 1 N–H and O–H groups in total. The van der Waals surface area contributed by atoms with Crippen LogP contribution in [0.25, 0.3) is 5.76 Å². The van der Waals surface area contributed by atoms with E-state index in [9.17, 15) is 14.7 Å². The molecule has 1 aromatic heterocycles. The van der Waals surface area contributed by atoms with Crippen molar-refractivity contribution >= 4 is 23.1 Å². The number of carbonyl (C=O) groups is 2. The van der Waals surface area contributed by atoms with E-state index in [4.69, 9.17) is 9.47 Å². The fourth-order valence-electron chi connectivity index (χ4n) is 3.97. The Hall–Kier alpha value is -4.13. The van der Waals surface area contributed by atoms with E-state index in [-0.39, 0.29) is 18.1 Å². The molecule has 2 aliphatic rings. The maximum atomic E-state index is 13.1. The molecular formula is C24H18N2O5. The van der Waals surface area contributed by atoms with E-state index in [2.05, 4.69) is 4.98 Å². The number of anilines is 1. The highest BCUT2D eigenvalue weighted by molar-refractivity contribution is 6.51. The average Bonchev–Trinajstić information content (AvgIpc) is 3.36. The van der Waals surface area contributed by atoms with Crippen LogP contribution in [0.4, 0.5) is 5.69 Å². The monoisotopic (exact) mass is 414 g/mol. The lowest BCUT2D eigenvalue weighted by molar-refractivity contribution is -0.132. The molecule has 1 saturated heterocycles. The van der Waals surface area contributed by atoms with Gasteiger partial charge in [0.25, 0.3) is 11.7 Å². The van der Waals surface area contributed by atoms with Crippen LogP contribution in [0, 0.1) is 6.92 Å². The summed E-state index contributed by atoms with van der Waals surface area (Å²) in [4.78, 5) is 31.9. The van der Waals surface area contributed by atoms with Gasteiger partial charge in [-0.15, -0.1) is 0 Å². The Morgan fingerprint density at radius 2 is 1.87 bits per heavy atom. The molecule has 1 atom stereocenters. The number of Topliss-reactive ketones (excluding diaryl/α,β-unsaturated/α-hetero) is 1. The zero-order chi connectivity index (χ0) is 21.5. The number of aryl methyl sites for hydroxylation is 1. The lowest BCUT2D eigenvalue weighted by Crippen LogP contribution is -2.30. The third kappa shape index (κ3) is 3.02. The lowest BCUT2D eigenvalue weighted by Gasteiger charge is -2.26. The summed E-state index contributed by atoms with van der Waals surface area (Å²) in [6.45, 7) is 1.96. The van der Waals surface area contributed by atoms with Crippen molar-refractivity contribution in [3.05, 3.63) is 89.3 Å². The summed E-state index contributed by atoms with van der Waals surface area (Å²) in [7, 11) is 0. The number of pyridine rings is 1. The number of aromatic nitrogens is 1. The number of aliphatic hydroxyl groups is 1. The van der Waals surface area contributed by atoms with Gasteiger partial charge in [-0.2, -0.15) is 0 Å². The number of rotatable bonds is 3. The molecule has 0 radical (unpaired) electrons. The number of fused-ring (bicyclic) bond motifs is 1. The number of para-hydroxylation sites is 1. The maximum Gasteiger partial charge on any atom is 0.300 e. The Kier molecular flexibility index (Phi) is 4.43. The molecule has 1 unspecified atom stereocenters. The van der Waals surface area contributed by atoms with Gasteiger partial charge in [0.2, 0.25) is 6.79 Å². The van der Waals surface area contributed by atoms with Crippen LogP contribution in [0.1, 0.15) is 22.7 Å². The summed E-state index contributed by atoms with van der Waals surface area (Å²) >= 11 is 0. The third-order valence-corrected chi connectivity index (χ3v) is 5.47. The van der Waals surface area contributed by atoms with Gasteiger partial charge in [0.15, 0.2) is 11.5 Å². The van der Waals surface area contributed by atoms with E-state index >= 15 is 0 Å². The second-order valence-corrected chi connectivity index (χ2v) is 7.31. The number of amides is 1. The molecule has 31 heavy (non-hydrogen) atoms. The zero-order valence-electron chi connectivity index (χ0n) is 16.6. The van der Waals surface area contributed by atoms with Crippen molar-refractivity contribution in [1.82, 2.24) is 4.98 Å². The van der Waals surface area contributed by atoms with Crippen LogP contribution in [-0.4, -0.2) is 28.6 Å². The maximum absolute atomic E-state index is 13.1. The molecule has 2 aromatic carbocycles. The first kappa shape index (κ1) is 18.9. The smallest absolute Gasteiger partial charge is 0.300 e. The van der Waals surface area contributed by atoms with E-state index < -0.39 is 17.7 Å². The molecule has 154 valence electrons. The summed E-state index contributed by atoms with van der Waals surface area (Å²) in [6, 6.07) is 14.9. The minimum atomic E-state index is -0.819. The second kappa shape index (κ2) is 7.28. The minimum absolute atomic E-state index is 0.000110. The van der Waals surface area contributed by atoms with Gasteiger partial charge in [-0.1, -0.05) is 24.3 Å². The van der Waals surface area contributed by atoms with Crippen molar-refractivity contribution < 1.29 is 24.2 Å². The first-order valence-electron chi connectivity index (χ1n) is 9.73. The third-order valence-electron chi connectivity index (χ3n) is 5.47. The molecule has 2 aliphatic heterocycles. The molecule has 3 heterocycles. The fraction of sp³-hybridized carbons (Fsp3) is 0.125. The number of benzene rings is 2. The van der Waals surface area contributed by atoms with E-state index in [1.54, 1.807) is 54.9 Å². The number of hydrogen-bond acceptors (Lipinski definition) is 6. The molecule has 0 aliphatic carbocycles. The van der Waals surface area contributed by atoms with Crippen molar-refractivity contribution in [1.29, 1.82) is 0 Å². The highest BCUT2D eigenvalue weighted by Gasteiger charge is 2.47. The topological polar surface area (TPSA) is 89.0 Å². The molecule has 0 bridgehead atoms. The largest absolute Gasteiger partial charge is 0.507 e. The van der Waals surface area contributed by atoms with Crippen LogP contribution in [0.2, 0.25) is 0 Å². The molecule has 5 rings (SSSR count). The van der Waals surface area contributed by atoms with Crippen molar-refractivity contribution in [2.45, 2.75) is 13.0 Å². The van der Waals surface area contributed by atoms with Crippen molar-refractivity contribution in [3.8, 4) is 11.5 Å². The highest BCUT2D eigenvalue weighted by atomic mass is 16.7. The van der Waals surface area contributed by atoms with Crippen molar-refractivity contribution in [3.63, 3.8) is 0 Å². The summed E-state index contributed by atoms with van der Waals surface area (Å²) in [5.74, 6) is -0.713. The van der Waals surface area contributed by atoms with Crippen LogP contribution in [-0.2, 0) is 9.59 Å². The lowest BCUT2D eigenvalue weighted by atomic mass is 9.96. The van der Waals surface area contributed by atoms with Gasteiger partial charge in [0.05, 0.1) is 11.6 Å². The zero-order valence-corrected chi connectivity index (χ0v) is 16.6. The van der Waals surface area contributed by atoms with Crippen LogP contribution in [0.15, 0.2) is 72.6 Å². The molecule has 3 aromatic rings. The number of hydrogen-bond donors (Lipinski definition) is 1. The fourth-order valence-corrected chi connectivity index (χ4v) is 3.97. The van der Waals surface area contributed by atoms with Crippen molar-refractivity contribution in [2.24, 2.45) is 0 Å². The quantitative estimate of drug-likeness (QED) is 0.399. The average molecular weight is 414 g/mol. The van der Waals surface area contributed by atoms with Crippen LogP contribution in [0.3, 0.4) is 0 Å². The summed E-state index contributed by atoms with van der Waals surface area (Å²) < 4.78 is 10.7. The van der Waals surface area contributed by atoms with Crippen LogP contribution < -0.4 is 14.4 Å². The van der Waals surface area contributed by atoms with E-state index in [0.717, 1.165) is 5.56 Å². The minimum Gasteiger partial charge on any atom is -0.507 e. The first-order chi connectivity index (χ1) is 15.1.